The highest BCUT2D eigenvalue weighted by atomic mass is 32.2. The third-order valence-electron chi connectivity index (χ3n) is 3.85. The minimum absolute atomic E-state index is 0.0944. The normalized spacial score (nSPS) is 11.4. The summed E-state index contributed by atoms with van der Waals surface area (Å²) < 4.78 is 37.0. The van der Waals surface area contributed by atoms with E-state index in [0.29, 0.717) is 25.3 Å². The second-order valence-corrected chi connectivity index (χ2v) is 7.78. The Bertz CT molecular complexity index is 957. The summed E-state index contributed by atoms with van der Waals surface area (Å²) in [5.41, 5.74) is 1.59. The number of aromatic nitrogens is 4. The molecule has 0 fully saturated rings. The summed E-state index contributed by atoms with van der Waals surface area (Å²) in [6.45, 7) is 0.726. The van der Waals surface area contributed by atoms with Crippen LogP contribution in [0.4, 0.5) is 0 Å². The lowest BCUT2D eigenvalue weighted by Crippen LogP contribution is -2.15. The van der Waals surface area contributed by atoms with Crippen LogP contribution < -0.4 is 4.74 Å². The minimum Gasteiger partial charge on any atom is -0.497 e. The van der Waals surface area contributed by atoms with Gasteiger partial charge >= 0.3 is 0 Å². The maximum absolute atomic E-state index is 12.6. The third-order valence-corrected chi connectivity index (χ3v) is 5.49. The highest BCUT2D eigenvalue weighted by Gasteiger charge is 2.23. The highest BCUT2D eigenvalue weighted by molar-refractivity contribution is 7.91. The number of ether oxygens (including phenoxy) is 2. The molecule has 0 N–H and O–H groups in total. The molecule has 0 amide bonds. The van der Waals surface area contributed by atoms with Crippen LogP contribution in [0.5, 0.6) is 5.75 Å². The Morgan fingerprint density at radius 1 is 1.04 bits per heavy atom. The van der Waals surface area contributed by atoms with E-state index in [4.69, 9.17) is 9.47 Å². The Morgan fingerprint density at radius 3 is 2.48 bits per heavy atom. The smallest absolute Gasteiger partial charge is 0.272 e. The SMILES string of the molecule is COc1ccc(COCCCS(=O)(=O)c2nnnn2-c2ccccc2)cc1. The first-order chi connectivity index (χ1) is 13.1. The number of methoxy groups -OCH3 is 1. The predicted octanol–water partition coefficient (Wildman–Crippen LogP) is 2.05. The van der Waals surface area contributed by atoms with E-state index in [1.54, 1.807) is 31.4 Å². The maximum Gasteiger partial charge on any atom is 0.272 e. The molecule has 0 atom stereocenters. The van der Waals surface area contributed by atoms with Crippen molar-refractivity contribution in [1.82, 2.24) is 20.2 Å². The number of hydrogen-bond acceptors (Lipinski definition) is 7. The molecule has 2 aromatic carbocycles. The van der Waals surface area contributed by atoms with Gasteiger partial charge in [-0.2, -0.15) is 4.68 Å². The molecule has 3 aromatic rings. The van der Waals surface area contributed by atoms with Crippen LogP contribution >= 0.6 is 0 Å². The first-order valence-electron chi connectivity index (χ1n) is 8.37. The van der Waals surface area contributed by atoms with Crippen molar-refractivity contribution in [1.29, 1.82) is 0 Å². The van der Waals surface area contributed by atoms with Crippen molar-refractivity contribution < 1.29 is 17.9 Å². The van der Waals surface area contributed by atoms with Gasteiger partial charge in [-0.05, 0) is 46.7 Å². The molecule has 27 heavy (non-hydrogen) atoms. The molecule has 0 bridgehead atoms. The molecule has 0 spiro atoms. The number of hydrogen-bond donors (Lipinski definition) is 0. The van der Waals surface area contributed by atoms with E-state index in [0.717, 1.165) is 11.3 Å². The number of benzene rings is 2. The molecule has 0 aliphatic heterocycles. The Hall–Kier alpha value is -2.78. The average Bonchev–Trinajstić information content (AvgIpc) is 3.20. The van der Waals surface area contributed by atoms with Crippen LogP contribution in [0.25, 0.3) is 5.69 Å². The van der Waals surface area contributed by atoms with Crippen molar-refractivity contribution in [3.63, 3.8) is 0 Å². The molecule has 0 saturated carbocycles. The monoisotopic (exact) mass is 388 g/mol. The van der Waals surface area contributed by atoms with Gasteiger partial charge in [-0.1, -0.05) is 35.4 Å². The first-order valence-corrected chi connectivity index (χ1v) is 10.0. The lowest BCUT2D eigenvalue weighted by molar-refractivity contribution is 0.122. The fraction of sp³-hybridized carbons (Fsp3) is 0.278. The van der Waals surface area contributed by atoms with Gasteiger partial charge in [-0.3, -0.25) is 0 Å². The molecule has 0 aliphatic carbocycles. The van der Waals surface area contributed by atoms with Gasteiger partial charge in [0.05, 0.1) is 25.2 Å². The molecular weight excluding hydrogens is 368 g/mol. The predicted molar refractivity (Wildman–Crippen MR) is 98.5 cm³/mol. The zero-order valence-corrected chi connectivity index (χ0v) is 15.7. The minimum atomic E-state index is -3.62. The van der Waals surface area contributed by atoms with Gasteiger partial charge in [0.25, 0.3) is 5.16 Å². The van der Waals surface area contributed by atoms with Gasteiger partial charge in [0.1, 0.15) is 5.75 Å². The number of tetrazole rings is 1. The molecule has 9 heteroatoms. The quantitative estimate of drug-likeness (QED) is 0.518. The number of sulfone groups is 1. The van der Waals surface area contributed by atoms with E-state index in [9.17, 15) is 8.42 Å². The number of para-hydroxylation sites is 1. The van der Waals surface area contributed by atoms with Crippen molar-refractivity contribution in [2.45, 2.75) is 18.2 Å². The van der Waals surface area contributed by atoms with Gasteiger partial charge in [0.2, 0.25) is 9.84 Å². The van der Waals surface area contributed by atoms with E-state index in [-0.39, 0.29) is 10.9 Å². The molecular formula is C18H20N4O4S. The fourth-order valence-electron chi connectivity index (χ4n) is 2.46. The molecule has 0 saturated heterocycles. The van der Waals surface area contributed by atoms with Crippen LogP contribution in [0.15, 0.2) is 59.8 Å². The standard InChI is InChI=1S/C18H20N4O4S/c1-25-17-10-8-15(9-11-17)14-26-12-5-13-27(23,24)18-19-20-21-22(18)16-6-3-2-4-7-16/h2-4,6-11H,5,12-14H2,1H3. The summed E-state index contributed by atoms with van der Waals surface area (Å²) in [7, 11) is -2.01. The third kappa shape index (κ3) is 4.89. The molecule has 3 rings (SSSR count). The summed E-state index contributed by atoms with van der Waals surface area (Å²) >= 11 is 0. The average molecular weight is 388 g/mol. The summed E-state index contributed by atoms with van der Waals surface area (Å²) in [4.78, 5) is 0. The van der Waals surface area contributed by atoms with Crippen molar-refractivity contribution in [3.8, 4) is 11.4 Å². The van der Waals surface area contributed by atoms with Crippen LogP contribution in [0, 0.1) is 0 Å². The van der Waals surface area contributed by atoms with Gasteiger partial charge < -0.3 is 9.47 Å². The summed E-state index contributed by atoms with van der Waals surface area (Å²) in [6.07, 6.45) is 0.347. The van der Waals surface area contributed by atoms with Gasteiger partial charge in [0, 0.05) is 6.61 Å². The van der Waals surface area contributed by atoms with E-state index < -0.39 is 9.84 Å². The van der Waals surface area contributed by atoms with Gasteiger partial charge in [-0.15, -0.1) is 0 Å². The molecule has 0 unspecified atom stereocenters. The fourth-order valence-corrected chi connectivity index (χ4v) is 3.70. The van der Waals surface area contributed by atoms with Crippen LogP contribution in [0.3, 0.4) is 0 Å². The van der Waals surface area contributed by atoms with Crippen molar-refractivity contribution in [2.75, 3.05) is 19.5 Å². The number of nitrogens with zero attached hydrogens (tertiary/aromatic N) is 4. The Labute approximate surface area is 157 Å². The largest absolute Gasteiger partial charge is 0.497 e. The second kappa shape index (κ2) is 8.74. The van der Waals surface area contributed by atoms with Crippen molar-refractivity contribution >= 4 is 9.84 Å². The Kier molecular flexibility index (Phi) is 6.15. The van der Waals surface area contributed by atoms with Crippen LogP contribution in [-0.2, 0) is 21.2 Å². The lowest BCUT2D eigenvalue weighted by atomic mass is 10.2. The van der Waals surface area contributed by atoms with E-state index in [2.05, 4.69) is 15.5 Å². The van der Waals surface area contributed by atoms with Crippen molar-refractivity contribution in [3.05, 3.63) is 60.2 Å². The van der Waals surface area contributed by atoms with Gasteiger partial charge in [-0.25, -0.2) is 8.42 Å². The van der Waals surface area contributed by atoms with E-state index in [1.165, 1.54) is 4.68 Å². The molecule has 8 nitrogen and oxygen atoms in total. The van der Waals surface area contributed by atoms with Crippen LogP contribution in [0.2, 0.25) is 0 Å². The molecule has 142 valence electrons. The molecule has 0 aliphatic rings. The summed E-state index contributed by atoms with van der Waals surface area (Å²) in [5, 5.41) is 10.8. The Balaban J connectivity index is 1.53. The lowest BCUT2D eigenvalue weighted by Gasteiger charge is -2.07. The molecule has 0 radical (unpaired) electrons. The summed E-state index contributed by atoms with van der Waals surface area (Å²) in [6, 6.07) is 16.4. The van der Waals surface area contributed by atoms with Crippen LogP contribution in [0.1, 0.15) is 12.0 Å². The topological polar surface area (TPSA) is 96.2 Å². The van der Waals surface area contributed by atoms with E-state index >= 15 is 0 Å². The zero-order valence-electron chi connectivity index (χ0n) is 14.9. The van der Waals surface area contributed by atoms with Crippen molar-refractivity contribution in [2.24, 2.45) is 0 Å². The molecule has 1 heterocycles. The van der Waals surface area contributed by atoms with Crippen LogP contribution in [-0.4, -0.2) is 48.1 Å². The van der Waals surface area contributed by atoms with E-state index in [1.807, 2.05) is 30.3 Å². The highest BCUT2D eigenvalue weighted by Crippen LogP contribution is 2.14. The number of rotatable bonds is 9. The van der Waals surface area contributed by atoms with Gasteiger partial charge in [0.15, 0.2) is 0 Å². The first kappa shape index (κ1) is 19.0. The molecule has 1 aromatic heterocycles. The second-order valence-electron chi connectivity index (χ2n) is 5.78. The zero-order chi connectivity index (χ0) is 19.1. The Morgan fingerprint density at radius 2 is 1.78 bits per heavy atom. The maximum atomic E-state index is 12.6. The summed E-state index contributed by atoms with van der Waals surface area (Å²) in [5.74, 6) is 0.684.